The van der Waals surface area contributed by atoms with Crippen molar-refractivity contribution in [2.75, 3.05) is 26.2 Å². The van der Waals surface area contributed by atoms with Crippen molar-refractivity contribution in [3.63, 3.8) is 0 Å². The standard InChI is InChI=1S/C12H24N2O2/c1-11(2,9-12(3,4)16)10(15)14-7-5-13-6-8-14/h13,16H,5-9H2,1-4H3. The van der Waals surface area contributed by atoms with Gasteiger partial charge in [-0.25, -0.2) is 0 Å². The molecule has 1 aliphatic rings. The molecule has 0 aliphatic carbocycles. The van der Waals surface area contributed by atoms with Gasteiger partial charge in [0.1, 0.15) is 0 Å². The van der Waals surface area contributed by atoms with Crippen LogP contribution in [0.2, 0.25) is 0 Å². The van der Waals surface area contributed by atoms with E-state index in [1.165, 1.54) is 0 Å². The van der Waals surface area contributed by atoms with Crippen LogP contribution in [0.3, 0.4) is 0 Å². The lowest BCUT2D eigenvalue weighted by Gasteiger charge is -2.37. The first-order chi connectivity index (χ1) is 7.22. The average molecular weight is 228 g/mol. The van der Waals surface area contributed by atoms with E-state index in [0.29, 0.717) is 6.42 Å². The molecule has 4 heteroatoms. The maximum Gasteiger partial charge on any atom is 0.228 e. The van der Waals surface area contributed by atoms with Crippen LogP contribution >= 0.6 is 0 Å². The summed E-state index contributed by atoms with van der Waals surface area (Å²) in [7, 11) is 0. The summed E-state index contributed by atoms with van der Waals surface area (Å²) in [6, 6.07) is 0. The van der Waals surface area contributed by atoms with Crippen molar-refractivity contribution in [1.29, 1.82) is 0 Å². The quantitative estimate of drug-likeness (QED) is 0.744. The van der Waals surface area contributed by atoms with Crippen LogP contribution < -0.4 is 5.32 Å². The molecule has 1 rings (SSSR count). The van der Waals surface area contributed by atoms with Gasteiger partial charge in [0.05, 0.1) is 5.60 Å². The predicted molar refractivity (Wildman–Crippen MR) is 64.1 cm³/mol. The monoisotopic (exact) mass is 228 g/mol. The van der Waals surface area contributed by atoms with E-state index in [9.17, 15) is 9.90 Å². The molecule has 0 spiro atoms. The molecular formula is C12H24N2O2. The molecule has 0 bridgehead atoms. The number of carbonyl (C=O) groups is 1. The topological polar surface area (TPSA) is 52.6 Å². The summed E-state index contributed by atoms with van der Waals surface area (Å²) in [5, 5.41) is 13.0. The van der Waals surface area contributed by atoms with Gasteiger partial charge in [-0.2, -0.15) is 0 Å². The van der Waals surface area contributed by atoms with Gasteiger partial charge in [0.2, 0.25) is 5.91 Å². The van der Waals surface area contributed by atoms with Gasteiger partial charge in [-0.3, -0.25) is 4.79 Å². The smallest absolute Gasteiger partial charge is 0.228 e. The van der Waals surface area contributed by atoms with Crippen LogP contribution in [0.4, 0.5) is 0 Å². The number of nitrogens with zero attached hydrogens (tertiary/aromatic N) is 1. The summed E-state index contributed by atoms with van der Waals surface area (Å²) in [4.78, 5) is 14.2. The number of aliphatic hydroxyl groups is 1. The molecule has 0 aromatic rings. The molecular weight excluding hydrogens is 204 g/mol. The highest BCUT2D eigenvalue weighted by molar-refractivity contribution is 5.82. The number of hydrogen-bond acceptors (Lipinski definition) is 3. The van der Waals surface area contributed by atoms with Gasteiger partial charge in [-0.15, -0.1) is 0 Å². The maximum atomic E-state index is 12.3. The van der Waals surface area contributed by atoms with Gasteiger partial charge in [-0.05, 0) is 20.3 Å². The fourth-order valence-corrected chi connectivity index (χ4v) is 2.45. The van der Waals surface area contributed by atoms with E-state index in [1.807, 2.05) is 18.7 Å². The van der Waals surface area contributed by atoms with E-state index in [4.69, 9.17) is 0 Å². The maximum absolute atomic E-state index is 12.3. The Morgan fingerprint density at radius 1 is 1.25 bits per heavy atom. The molecule has 2 N–H and O–H groups in total. The highest BCUT2D eigenvalue weighted by Gasteiger charge is 2.36. The molecule has 0 saturated carbocycles. The molecule has 1 saturated heterocycles. The number of amides is 1. The normalized spacial score (nSPS) is 18.7. The second kappa shape index (κ2) is 4.72. The van der Waals surface area contributed by atoms with Crippen LogP contribution in [0.15, 0.2) is 0 Å². The fourth-order valence-electron chi connectivity index (χ4n) is 2.45. The van der Waals surface area contributed by atoms with Crippen molar-refractivity contribution < 1.29 is 9.90 Å². The minimum atomic E-state index is -0.798. The minimum absolute atomic E-state index is 0.149. The number of carbonyl (C=O) groups excluding carboxylic acids is 1. The van der Waals surface area contributed by atoms with E-state index in [0.717, 1.165) is 26.2 Å². The van der Waals surface area contributed by atoms with Crippen molar-refractivity contribution in [3.8, 4) is 0 Å². The zero-order valence-electron chi connectivity index (χ0n) is 10.8. The molecule has 1 fully saturated rings. The SMILES string of the molecule is CC(C)(O)CC(C)(C)C(=O)N1CCNCC1. The van der Waals surface area contributed by atoms with Crippen LogP contribution in [0.1, 0.15) is 34.1 Å². The first-order valence-corrected chi connectivity index (χ1v) is 5.95. The molecule has 0 radical (unpaired) electrons. The lowest BCUT2D eigenvalue weighted by molar-refractivity contribution is -0.144. The molecule has 0 aromatic carbocycles. The van der Waals surface area contributed by atoms with Gasteiger partial charge in [0.15, 0.2) is 0 Å². The Morgan fingerprint density at radius 3 is 2.19 bits per heavy atom. The first-order valence-electron chi connectivity index (χ1n) is 5.95. The van der Waals surface area contributed by atoms with Gasteiger partial charge in [-0.1, -0.05) is 13.8 Å². The lowest BCUT2D eigenvalue weighted by atomic mass is 9.80. The van der Waals surface area contributed by atoms with Gasteiger partial charge in [0.25, 0.3) is 0 Å². The molecule has 0 atom stereocenters. The van der Waals surface area contributed by atoms with Gasteiger partial charge in [0, 0.05) is 31.6 Å². The minimum Gasteiger partial charge on any atom is -0.390 e. The molecule has 1 aliphatic heterocycles. The summed E-state index contributed by atoms with van der Waals surface area (Å²) >= 11 is 0. The largest absolute Gasteiger partial charge is 0.390 e. The van der Waals surface area contributed by atoms with E-state index >= 15 is 0 Å². The van der Waals surface area contributed by atoms with Crippen LogP contribution in [-0.4, -0.2) is 47.7 Å². The van der Waals surface area contributed by atoms with Gasteiger partial charge < -0.3 is 15.3 Å². The summed E-state index contributed by atoms with van der Waals surface area (Å²) in [6.07, 6.45) is 0.489. The summed E-state index contributed by atoms with van der Waals surface area (Å²) in [5.41, 5.74) is -1.29. The van der Waals surface area contributed by atoms with Crippen molar-refractivity contribution in [2.45, 2.75) is 39.7 Å². The van der Waals surface area contributed by atoms with Crippen LogP contribution in [-0.2, 0) is 4.79 Å². The summed E-state index contributed by atoms with van der Waals surface area (Å²) < 4.78 is 0. The van der Waals surface area contributed by atoms with E-state index < -0.39 is 11.0 Å². The molecule has 1 heterocycles. The number of rotatable bonds is 3. The van der Waals surface area contributed by atoms with E-state index in [2.05, 4.69) is 5.32 Å². The van der Waals surface area contributed by atoms with Crippen molar-refractivity contribution in [2.24, 2.45) is 5.41 Å². The molecule has 94 valence electrons. The highest BCUT2D eigenvalue weighted by Crippen LogP contribution is 2.30. The Kier molecular flexibility index (Phi) is 3.97. The highest BCUT2D eigenvalue weighted by atomic mass is 16.3. The molecule has 1 amide bonds. The predicted octanol–water partition coefficient (Wildman–Crippen LogP) is 0.605. The zero-order chi connectivity index (χ0) is 12.4. The molecule has 0 aromatic heterocycles. The van der Waals surface area contributed by atoms with Crippen LogP contribution in [0.5, 0.6) is 0 Å². The Labute approximate surface area is 98.0 Å². The van der Waals surface area contributed by atoms with Crippen molar-refractivity contribution in [3.05, 3.63) is 0 Å². The summed E-state index contributed by atoms with van der Waals surface area (Å²) in [6.45, 7) is 10.6. The average Bonchev–Trinajstić information content (AvgIpc) is 2.14. The van der Waals surface area contributed by atoms with Crippen molar-refractivity contribution in [1.82, 2.24) is 10.2 Å². The van der Waals surface area contributed by atoms with Crippen molar-refractivity contribution >= 4 is 5.91 Å². The second-order valence-corrected chi connectivity index (χ2v) is 5.92. The molecule has 4 nitrogen and oxygen atoms in total. The van der Waals surface area contributed by atoms with Crippen LogP contribution in [0, 0.1) is 5.41 Å². The van der Waals surface area contributed by atoms with Gasteiger partial charge >= 0.3 is 0 Å². The lowest BCUT2D eigenvalue weighted by Crippen LogP contribution is -2.51. The Balaban J connectivity index is 2.63. The number of piperazine rings is 1. The van der Waals surface area contributed by atoms with E-state index in [-0.39, 0.29) is 5.91 Å². The van der Waals surface area contributed by atoms with Crippen LogP contribution in [0.25, 0.3) is 0 Å². The first kappa shape index (κ1) is 13.5. The van der Waals surface area contributed by atoms with E-state index in [1.54, 1.807) is 13.8 Å². The number of hydrogen-bond donors (Lipinski definition) is 2. The fraction of sp³-hybridized carbons (Fsp3) is 0.917. The third-order valence-corrected chi connectivity index (χ3v) is 2.86. The third kappa shape index (κ3) is 3.76. The molecule has 0 unspecified atom stereocenters. The Morgan fingerprint density at radius 2 is 1.75 bits per heavy atom. The number of nitrogens with one attached hydrogen (secondary N) is 1. The Bertz CT molecular complexity index is 250. The zero-order valence-corrected chi connectivity index (χ0v) is 10.8. The molecule has 16 heavy (non-hydrogen) atoms. The second-order valence-electron chi connectivity index (χ2n) is 5.92. The third-order valence-electron chi connectivity index (χ3n) is 2.86. The summed E-state index contributed by atoms with van der Waals surface area (Å²) in [5.74, 6) is 0.149. The Hall–Kier alpha value is -0.610.